The Hall–Kier alpha value is -2.98. The molecule has 0 radical (unpaired) electrons. The number of nitrogens with one attached hydrogen (secondary N) is 2. The SMILES string of the molecule is CC(C)NS(=O)(=O)Cc1ccc(CNC(=O)C=Cc2cn(C)c(=O)n(C)c2=O)cc1. The predicted molar refractivity (Wildman–Crippen MR) is 115 cm³/mol. The smallest absolute Gasteiger partial charge is 0.330 e. The van der Waals surface area contributed by atoms with E-state index in [4.69, 9.17) is 0 Å². The van der Waals surface area contributed by atoms with E-state index in [1.165, 1.54) is 37.0 Å². The van der Waals surface area contributed by atoms with Gasteiger partial charge in [-0.3, -0.25) is 14.2 Å². The van der Waals surface area contributed by atoms with Crippen molar-refractivity contribution in [1.82, 2.24) is 19.2 Å². The van der Waals surface area contributed by atoms with Crippen LogP contribution in [0.5, 0.6) is 0 Å². The molecule has 30 heavy (non-hydrogen) atoms. The molecule has 0 bridgehead atoms. The standard InChI is InChI=1S/C20H26N4O5S/c1-14(2)22-30(28,29)13-16-7-5-15(6-8-16)11-21-18(25)10-9-17-12-23(3)20(27)24(4)19(17)26/h5-10,12,14,22H,11,13H2,1-4H3,(H,21,25). The highest BCUT2D eigenvalue weighted by Gasteiger charge is 2.12. The van der Waals surface area contributed by atoms with E-state index in [1.807, 2.05) is 0 Å². The van der Waals surface area contributed by atoms with Crippen LogP contribution in [0.25, 0.3) is 6.08 Å². The Morgan fingerprint density at radius 2 is 1.70 bits per heavy atom. The fourth-order valence-electron chi connectivity index (χ4n) is 2.74. The summed E-state index contributed by atoms with van der Waals surface area (Å²) in [7, 11) is -0.504. The Kier molecular flexibility index (Phi) is 7.52. The number of aromatic nitrogens is 2. The number of sulfonamides is 1. The predicted octanol–water partition coefficient (Wildman–Crippen LogP) is 0.241. The number of benzene rings is 1. The highest BCUT2D eigenvalue weighted by atomic mass is 32.2. The van der Waals surface area contributed by atoms with Crippen LogP contribution in [0.1, 0.15) is 30.5 Å². The first-order valence-electron chi connectivity index (χ1n) is 9.29. The van der Waals surface area contributed by atoms with Gasteiger partial charge in [0.25, 0.3) is 5.56 Å². The Morgan fingerprint density at radius 1 is 1.10 bits per heavy atom. The van der Waals surface area contributed by atoms with Crippen LogP contribution in [0.15, 0.2) is 46.1 Å². The van der Waals surface area contributed by atoms with Gasteiger partial charge >= 0.3 is 5.69 Å². The van der Waals surface area contributed by atoms with Crippen molar-refractivity contribution in [3.8, 4) is 0 Å². The zero-order chi connectivity index (χ0) is 22.5. The molecule has 1 aromatic heterocycles. The Bertz CT molecular complexity index is 1160. The molecule has 10 heteroatoms. The number of rotatable bonds is 8. The molecular weight excluding hydrogens is 408 g/mol. The first-order chi connectivity index (χ1) is 14.0. The molecule has 0 saturated carbocycles. The molecule has 1 aromatic carbocycles. The molecule has 2 aromatic rings. The van der Waals surface area contributed by atoms with Crippen molar-refractivity contribution < 1.29 is 13.2 Å². The molecule has 1 amide bonds. The highest BCUT2D eigenvalue weighted by Crippen LogP contribution is 2.08. The van der Waals surface area contributed by atoms with E-state index in [1.54, 1.807) is 38.1 Å². The first kappa shape index (κ1) is 23.3. The molecule has 0 aliphatic carbocycles. The lowest BCUT2D eigenvalue weighted by atomic mass is 10.1. The van der Waals surface area contributed by atoms with Crippen molar-refractivity contribution in [3.63, 3.8) is 0 Å². The topological polar surface area (TPSA) is 119 Å². The Balaban J connectivity index is 1.96. The van der Waals surface area contributed by atoms with Gasteiger partial charge in [0.1, 0.15) is 0 Å². The Labute approximate surface area is 175 Å². The molecule has 2 rings (SSSR count). The van der Waals surface area contributed by atoms with Gasteiger partial charge in [0.15, 0.2) is 0 Å². The summed E-state index contributed by atoms with van der Waals surface area (Å²) in [6.45, 7) is 3.76. The maximum absolute atomic E-state index is 12.0. The van der Waals surface area contributed by atoms with Gasteiger partial charge in [-0.1, -0.05) is 24.3 Å². The lowest BCUT2D eigenvalue weighted by Crippen LogP contribution is -2.37. The summed E-state index contributed by atoms with van der Waals surface area (Å²) >= 11 is 0. The number of nitrogens with zero attached hydrogens (tertiary/aromatic N) is 2. The van der Waals surface area contributed by atoms with E-state index in [0.717, 1.165) is 10.1 Å². The molecule has 0 atom stereocenters. The maximum atomic E-state index is 12.0. The highest BCUT2D eigenvalue weighted by molar-refractivity contribution is 7.88. The second kappa shape index (κ2) is 9.68. The van der Waals surface area contributed by atoms with E-state index >= 15 is 0 Å². The van der Waals surface area contributed by atoms with E-state index < -0.39 is 27.2 Å². The molecule has 162 valence electrons. The van der Waals surface area contributed by atoms with Crippen LogP contribution in [-0.4, -0.2) is 29.5 Å². The number of carbonyl (C=O) groups excluding carboxylic acids is 1. The summed E-state index contributed by atoms with van der Waals surface area (Å²) in [6.07, 6.45) is 3.95. The monoisotopic (exact) mass is 434 g/mol. The second-order valence-corrected chi connectivity index (χ2v) is 9.00. The molecule has 0 unspecified atom stereocenters. The van der Waals surface area contributed by atoms with Crippen LogP contribution < -0.4 is 21.3 Å². The van der Waals surface area contributed by atoms with Crippen molar-refractivity contribution in [1.29, 1.82) is 0 Å². The summed E-state index contributed by atoms with van der Waals surface area (Å²) in [6, 6.07) is 6.72. The molecule has 1 heterocycles. The van der Waals surface area contributed by atoms with E-state index in [9.17, 15) is 22.8 Å². The van der Waals surface area contributed by atoms with Crippen molar-refractivity contribution >= 4 is 22.0 Å². The fraction of sp³-hybridized carbons (Fsp3) is 0.350. The van der Waals surface area contributed by atoms with Crippen LogP contribution in [0, 0.1) is 0 Å². The van der Waals surface area contributed by atoms with Crippen LogP contribution in [-0.2, 0) is 41.2 Å². The van der Waals surface area contributed by atoms with Crippen molar-refractivity contribution in [2.75, 3.05) is 0 Å². The number of aryl methyl sites for hydroxylation is 1. The minimum atomic E-state index is -3.40. The second-order valence-electron chi connectivity index (χ2n) is 7.24. The average molecular weight is 435 g/mol. The van der Waals surface area contributed by atoms with Crippen LogP contribution in [0.2, 0.25) is 0 Å². The van der Waals surface area contributed by atoms with E-state index in [-0.39, 0.29) is 23.9 Å². The molecular formula is C20H26N4O5S. The van der Waals surface area contributed by atoms with Gasteiger partial charge in [-0.25, -0.2) is 17.9 Å². The van der Waals surface area contributed by atoms with Gasteiger partial charge in [0, 0.05) is 39.0 Å². The summed E-state index contributed by atoms with van der Waals surface area (Å²) in [5, 5.41) is 2.69. The normalized spacial score (nSPS) is 11.9. The third-order valence-corrected chi connectivity index (χ3v) is 5.69. The van der Waals surface area contributed by atoms with Crippen molar-refractivity contribution in [2.24, 2.45) is 14.1 Å². The molecule has 0 aliphatic rings. The third-order valence-electron chi connectivity index (χ3n) is 4.15. The van der Waals surface area contributed by atoms with Gasteiger partial charge in [-0.15, -0.1) is 0 Å². The van der Waals surface area contributed by atoms with Crippen LogP contribution in [0.4, 0.5) is 0 Å². The minimum absolute atomic E-state index is 0.116. The average Bonchev–Trinajstić information content (AvgIpc) is 2.66. The summed E-state index contributed by atoms with van der Waals surface area (Å²) in [5.74, 6) is -0.520. The molecule has 0 spiro atoms. The lowest BCUT2D eigenvalue weighted by Gasteiger charge is -2.10. The van der Waals surface area contributed by atoms with Gasteiger partial charge in [0.05, 0.1) is 11.3 Å². The van der Waals surface area contributed by atoms with Crippen molar-refractivity contribution in [2.45, 2.75) is 32.2 Å². The van der Waals surface area contributed by atoms with Crippen LogP contribution >= 0.6 is 0 Å². The summed E-state index contributed by atoms with van der Waals surface area (Å²) in [4.78, 5) is 35.7. The minimum Gasteiger partial charge on any atom is -0.348 e. The van der Waals surface area contributed by atoms with Gasteiger partial charge in [0.2, 0.25) is 15.9 Å². The zero-order valence-corrected chi connectivity index (χ0v) is 18.2. The van der Waals surface area contributed by atoms with E-state index in [0.29, 0.717) is 5.56 Å². The van der Waals surface area contributed by atoms with Gasteiger partial charge in [-0.05, 0) is 31.1 Å². The molecule has 0 aliphatic heterocycles. The maximum Gasteiger partial charge on any atom is 0.330 e. The molecule has 0 fully saturated rings. The number of hydrogen-bond donors (Lipinski definition) is 2. The van der Waals surface area contributed by atoms with Crippen LogP contribution in [0.3, 0.4) is 0 Å². The van der Waals surface area contributed by atoms with Gasteiger partial charge < -0.3 is 9.88 Å². The summed E-state index contributed by atoms with van der Waals surface area (Å²) < 4.78 is 28.7. The molecule has 2 N–H and O–H groups in total. The van der Waals surface area contributed by atoms with Gasteiger partial charge in [-0.2, -0.15) is 0 Å². The van der Waals surface area contributed by atoms with Crippen molar-refractivity contribution in [3.05, 3.63) is 74.1 Å². The number of amides is 1. The fourth-order valence-corrected chi connectivity index (χ4v) is 4.17. The lowest BCUT2D eigenvalue weighted by molar-refractivity contribution is -0.116. The first-order valence-corrected chi connectivity index (χ1v) is 10.9. The molecule has 9 nitrogen and oxygen atoms in total. The third kappa shape index (κ3) is 6.53. The molecule has 0 saturated heterocycles. The quantitative estimate of drug-likeness (QED) is 0.577. The number of carbonyl (C=O) groups is 1. The largest absolute Gasteiger partial charge is 0.348 e. The Morgan fingerprint density at radius 3 is 2.30 bits per heavy atom. The zero-order valence-electron chi connectivity index (χ0n) is 17.4. The number of hydrogen-bond acceptors (Lipinski definition) is 5. The van der Waals surface area contributed by atoms with E-state index in [2.05, 4.69) is 10.0 Å². The summed E-state index contributed by atoms with van der Waals surface area (Å²) in [5.41, 5.74) is 0.726.